The first-order chi connectivity index (χ1) is 15.0. The van der Waals surface area contributed by atoms with Gasteiger partial charge >= 0.3 is 0 Å². The van der Waals surface area contributed by atoms with E-state index >= 15 is 0 Å². The molecular formula is C24H42ClN5O. The van der Waals surface area contributed by atoms with Crippen LogP contribution in [0.1, 0.15) is 83.6 Å². The molecule has 1 unspecified atom stereocenters. The summed E-state index contributed by atoms with van der Waals surface area (Å²) in [4.78, 5) is 8.54. The number of hydrogen-bond acceptors (Lipinski definition) is 3. The number of hydrogen-bond donors (Lipinski definition) is 3. The van der Waals surface area contributed by atoms with Crippen LogP contribution in [0.5, 0.6) is 0 Å². The third kappa shape index (κ3) is 14.8. The summed E-state index contributed by atoms with van der Waals surface area (Å²) in [6.45, 7) is 6.20. The van der Waals surface area contributed by atoms with E-state index in [9.17, 15) is 0 Å². The molecule has 7 heteroatoms. The Balaban J connectivity index is 2.14. The molecule has 0 fully saturated rings. The zero-order valence-corrected chi connectivity index (χ0v) is 20.2. The number of rotatable bonds is 16. The molecule has 176 valence electrons. The van der Waals surface area contributed by atoms with Crippen LogP contribution in [-0.4, -0.2) is 31.2 Å². The molecule has 0 radical (unpaired) electrons. The van der Waals surface area contributed by atoms with Crippen molar-refractivity contribution in [3.63, 3.8) is 0 Å². The SMILES string of the molecule is CCCCCCCCCC(CC)OCCCN=C(N)NC(N)=NCc1ccc(Cl)cc1. The minimum atomic E-state index is 0.244. The second kappa shape index (κ2) is 17.8. The van der Waals surface area contributed by atoms with Crippen LogP contribution in [0.3, 0.4) is 0 Å². The number of guanidine groups is 2. The summed E-state index contributed by atoms with van der Waals surface area (Å²) in [7, 11) is 0. The van der Waals surface area contributed by atoms with Gasteiger partial charge in [0.25, 0.3) is 0 Å². The Labute approximate surface area is 193 Å². The highest BCUT2D eigenvalue weighted by molar-refractivity contribution is 6.30. The van der Waals surface area contributed by atoms with E-state index in [0.29, 0.717) is 30.8 Å². The summed E-state index contributed by atoms with van der Waals surface area (Å²) < 4.78 is 6.01. The minimum Gasteiger partial charge on any atom is -0.378 e. The number of unbranched alkanes of at least 4 members (excludes halogenated alkanes) is 6. The van der Waals surface area contributed by atoms with Crippen molar-refractivity contribution in [1.29, 1.82) is 0 Å². The average molecular weight is 452 g/mol. The van der Waals surface area contributed by atoms with Gasteiger partial charge in [0, 0.05) is 18.2 Å². The van der Waals surface area contributed by atoms with Gasteiger partial charge in [-0.25, -0.2) is 4.99 Å². The van der Waals surface area contributed by atoms with Gasteiger partial charge in [-0.3, -0.25) is 10.3 Å². The van der Waals surface area contributed by atoms with Crippen molar-refractivity contribution in [3.8, 4) is 0 Å². The lowest BCUT2D eigenvalue weighted by molar-refractivity contribution is 0.0427. The maximum absolute atomic E-state index is 6.01. The molecule has 0 bridgehead atoms. The van der Waals surface area contributed by atoms with Crippen LogP contribution < -0.4 is 16.8 Å². The summed E-state index contributed by atoms with van der Waals surface area (Å²) in [6, 6.07) is 7.47. The highest BCUT2D eigenvalue weighted by Gasteiger charge is 2.06. The lowest BCUT2D eigenvalue weighted by atomic mass is 10.1. The van der Waals surface area contributed by atoms with E-state index in [0.717, 1.165) is 24.8 Å². The summed E-state index contributed by atoms with van der Waals surface area (Å²) >= 11 is 5.87. The summed E-state index contributed by atoms with van der Waals surface area (Å²) in [5, 5.41) is 3.51. The van der Waals surface area contributed by atoms with Crippen molar-refractivity contribution in [1.82, 2.24) is 5.32 Å². The lowest BCUT2D eigenvalue weighted by Crippen LogP contribution is -2.41. The zero-order valence-electron chi connectivity index (χ0n) is 19.4. The quantitative estimate of drug-likeness (QED) is 0.178. The number of nitrogens with two attached hydrogens (primary N) is 2. The fourth-order valence-electron chi connectivity index (χ4n) is 3.23. The van der Waals surface area contributed by atoms with Gasteiger partial charge in [-0.15, -0.1) is 0 Å². The lowest BCUT2D eigenvalue weighted by Gasteiger charge is -2.15. The van der Waals surface area contributed by atoms with Crippen molar-refractivity contribution in [2.75, 3.05) is 13.2 Å². The molecule has 31 heavy (non-hydrogen) atoms. The second-order valence-corrected chi connectivity index (χ2v) is 8.32. The van der Waals surface area contributed by atoms with Crippen molar-refractivity contribution in [2.45, 2.75) is 90.7 Å². The number of nitrogens with one attached hydrogen (secondary N) is 1. The van der Waals surface area contributed by atoms with Gasteiger partial charge in [-0.1, -0.05) is 82.5 Å². The Morgan fingerprint density at radius 2 is 1.58 bits per heavy atom. The Hall–Kier alpha value is -1.79. The van der Waals surface area contributed by atoms with E-state index in [4.69, 9.17) is 27.8 Å². The predicted molar refractivity (Wildman–Crippen MR) is 134 cm³/mol. The van der Waals surface area contributed by atoms with Crippen LogP contribution in [0.25, 0.3) is 0 Å². The fourth-order valence-corrected chi connectivity index (χ4v) is 3.35. The predicted octanol–water partition coefficient (Wildman–Crippen LogP) is 5.39. The van der Waals surface area contributed by atoms with Gasteiger partial charge in [0.1, 0.15) is 0 Å². The van der Waals surface area contributed by atoms with Crippen LogP contribution in [0.2, 0.25) is 5.02 Å². The Morgan fingerprint density at radius 3 is 2.26 bits per heavy atom. The number of aliphatic imine (C=N–C) groups is 2. The smallest absolute Gasteiger partial charge is 0.195 e. The van der Waals surface area contributed by atoms with Crippen LogP contribution in [0.15, 0.2) is 34.3 Å². The molecule has 0 aromatic heterocycles. The molecule has 1 aromatic carbocycles. The average Bonchev–Trinajstić information content (AvgIpc) is 2.76. The normalized spacial score (nSPS) is 13.4. The number of nitrogens with zero attached hydrogens (tertiary/aromatic N) is 2. The highest BCUT2D eigenvalue weighted by Crippen LogP contribution is 2.13. The first-order valence-electron chi connectivity index (χ1n) is 11.8. The van der Waals surface area contributed by atoms with E-state index in [1.807, 2.05) is 24.3 Å². The molecular weight excluding hydrogens is 410 g/mol. The number of halogens is 1. The molecule has 0 amide bonds. The van der Waals surface area contributed by atoms with Crippen molar-refractivity contribution in [2.24, 2.45) is 21.5 Å². The van der Waals surface area contributed by atoms with E-state index in [1.165, 1.54) is 44.9 Å². The molecule has 0 aliphatic rings. The molecule has 6 nitrogen and oxygen atoms in total. The summed E-state index contributed by atoms with van der Waals surface area (Å²) in [5.41, 5.74) is 12.8. The molecule has 0 heterocycles. The second-order valence-electron chi connectivity index (χ2n) is 7.88. The van der Waals surface area contributed by atoms with Crippen molar-refractivity contribution >= 4 is 23.5 Å². The van der Waals surface area contributed by atoms with Crippen LogP contribution in [0, 0.1) is 0 Å². The molecule has 0 spiro atoms. The summed E-state index contributed by atoms with van der Waals surface area (Å²) in [6.07, 6.45) is 12.7. The Bertz CT molecular complexity index is 633. The Morgan fingerprint density at radius 1 is 0.935 bits per heavy atom. The monoisotopic (exact) mass is 451 g/mol. The largest absolute Gasteiger partial charge is 0.378 e. The van der Waals surface area contributed by atoms with Crippen molar-refractivity contribution in [3.05, 3.63) is 34.9 Å². The highest BCUT2D eigenvalue weighted by atomic mass is 35.5. The van der Waals surface area contributed by atoms with Crippen LogP contribution in [0.4, 0.5) is 0 Å². The van der Waals surface area contributed by atoms with Gasteiger partial charge in [-0.05, 0) is 37.0 Å². The molecule has 0 saturated heterocycles. The number of ether oxygens (including phenoxy) is 1. The van der Waals surface area contributed by atoms with Gasteiger partial charge < -0.3 is 16.2 Å². The molecule has 5 N–H and O–H groups in total. The fraction of sp³-hybridized carbons (Fsp3) is 0.667. The van der Waals surface area contributed by atoms with E-state index in [1.54, 1.807) is 0 Å². The van der Waals surface area contributed by atoms with E-state index < -0.39 is 0 Å². The maximum Gasteiger partial charge on any atom is 0.195 e. The zero-order chi connectivity index (χ0) is 22.7. The Kier molecular flexibility index (Phi) is 15.7. The summed E-state index contributed by atoms with van der Waals surface area (Å²) in [5.74, 6) is 0.515. The molecule has 1 aromatic rings. The standard InChI is InChI=1S/C24H42ClN5O/c1-3-5-6-7-8-9-10-12-22(4-2)31-18-11-17-28-23(26)30-24(27)29-19-20-13-15-21(25)16-14-20/h13-16,22H,3-12,17-19H2,1-2H3,(H5,26,27,28,29,30). The van der Waals surface area contributed by atoms with Gasteiger partial charge in [0.2, 0.25) is 0 Å². The van der Waals surface area contributed by atoms with Gasteiger partial charge in [0.15, 0.2) is 11.9 Å². The first-order valence-corrected chi connectivity index (χ1v) is 12.2. The van der Waals surface area contributed by atoms with Crippen LogP contribution >= 0.6 is 11.6 Å². The molecule has 0 saturated carbocycles. The molecule has 0 aliphatic heterocycles. The van der Waals surface area contributed by atoms with E-state index in [2.05, 4.69) is 29.1 Å². The minimum absolute atomic E-state index is 0.244. The molecule has 1 rings (SSSR count). The maximum atomic E-state index is 6.01. The van der Waals surface area contributed by atoms with Gasteiger partial charge in [-0.2, -0.15) is 0 Å². The molecule has 1 atom stereocenters. The van der Waals surface area contributed by atoms with Crippen LogP contribution in [-0.2, 0) is 11.3 Å². The third-order valence-electron chi connectivity index (χ3n) is 5.12. The van der Waals surface area contributed by atoms with Crippen molar-refractivity contribution < 1.29 is 4.74 Å². The van der Waals surface area contributed by atoms with E-state index in [-0.39, 0.29) is 11.9 Å². The topological polar surface area (TPSA) is 98.0 Å². The first kappa shape index (κ1) is 27.2. The molecule has 0 aliphatic carbocycles. The third-order valence-corrected chi connectivity index (χ3v) is 5.38. The number of benzene rings is 1. The van der Waals surface area contributed by atoms with Gasteiger partial charge in [0.05, 0.1) is 12.6 Å².